The molecule has 1 spiro atoms. The number of ether oxygens (including phenoxy) is 2. The average Bonchev–Trinajstić information content (AvgIpc) is 3.60. The lowest BCUT2D eigenvalue weighted by molar-refractivity contribution is -0.230. The van der Waals surface area contributed by atoms with Crippen molar-refractivity contribution in [2.24, 2.45) is 5.92 Å². The zero-order chi connectivity index (χ0) is 23.8. The van der Waals surface area contributed by atoms with Gasteiger partial charge in [-0.05, 0) is 74.6 Å². The largest absolute Gasteiger partial charge is 0.504 e. The van der Waals surface area contributed by atoms with E-state index in [-0.39, 0.29) is 17.8 Å². The predicted octanol–water partition coefficient (Wildman–Crippen LogP) is 3.50. The number of esters is 1. The normalized spacial score (nSPS) is 34.7. The van der Waals surface area contributed by atoms with Gasteiger partial charge in [-0.25, -0.2) is 0 Å². The van der Waals surface area contributed by atoms with Crippen molar-refractivity contribution >= 4 is 5.97 Å². The first-order valence-electron chi connectivity index (χ1n) is 13.2. The van der Waals surface area contributed by atoms with Crippen LogP contribution in [0.4, 0.5) is 0 Å². The Morgan fingerprint density at radius 2 is 1.94 bits per heavy atom. The molecule has 2 aliphatic heterocycles. The predicted molar refractivity (Wildman–Crippen MR) is 129 cm³/mol. The van der Waals surface area contributed by atoms with Gasteiger partial charge in [-0.1, -0.05) is 36.4 Å². The molecule has 0 amide bonds. The van der Waals surface area contributed by atoms with Crippen LogP contribution in [0.25, 0.3) is 0 Å². The Morgan fingerprint density at radius 3 is 2.74 bits per heavy atom. The summed E-state index contributed by atoms with van der Waals surface area (Å²) in [5.41, 5.74) is 1.89. The van der Waals surface area contributed by atoms with Gasteiger partial charge in [-0.15, -0.1) is 0 Å². The van der Waals surface area contributed by atoms with Crippen molar-refractivity contribution in [1.29, 1.82) is 0 Å². The van der Waals surface area contributed by atoms with E-state index in [9.17, 15) is 15.0 Å². The van der Waals surface area contributed by atoms with Crippen LogP contribution >= 0.6 is 0 Å². The quantitative estimate of drug-likeness (QED) is 0.623. The van der Waals surface area contributed by atoms with Crippen molar-refractivity contribution in [3.63, 3.8) is 0 Å². The number of likely N-dealkylation sites (tertiary alicyclic amines) is 1. The van der Waals surface area contributed by atoms with Crippen molar-refractivity contribution < 1.29 is 24.5 Å². The summed E-state index contributed by atoms with van der Waals surface area (Å²) < 4.78 is 13.1. The number of hydrogen-bond acceptors (Lipinski definition) is 6. The molecule has 2 heterocycles. The molecule has 5 atom stereocenters. The molecule has 3 fully saturated rings. The third kappa shape index (κ3) is 3.05. The van der Waals surface area contributed by atoms with Gasteiger partial charge in [-0.3, -0.25) is 9.69 Å². The van der Waals surface area contributed by atoms with Gasteiger partial charge in [0.05, 0.1) is 17.6 Å². The van der Waals surface area contributed by atoms with E-state index in [4.69, 9.17) is 9.47 Å². The Morgan fingerprint density at radius 1 is 1.11 bits per heavy atom. The lowest BCUT2D eigenvalue weighted by Gasteiger charge is -2.64. The molecule has 6 heteroatoms. The summed E-state index contributed by atoms with van der Waals surface area (Å²) in [4.78, 5) is 16.1. The molecule has 5 aliphatic rings. The highest BCUT2D eigenvalue weighted by Gasteiger charge is 2.75. The molecule has 1 saturated heterocycles. The van der Waals surface area contributed by atoms with Crippen molar-refractivity contribution in [2.75, 3.05) is 13.1 Å². The van der Waals surface area contributed by atoms with Crippen LogP contribution in [0, 0.1) is 5.92 Å². The second kappa shape index (κ2) is 7.71. The van der Waals surface area contributed by atoms with Crippen LogP contribution in [0.5, 0.6) is 11.5 Å². The van der Waals surface area contributed by atoms with Crippen molar-refractivity contribution in [3.05, 3.63) is 59.2 Å². The number of rotatable bonds is 6. The summed E-state index contributed by atoms with van der Waals surface area (Å²) in [6, 6.07) is 13.8. The molecule has 2 saturated carbocycles. The molecular formula is C29H33NO5. The second-order valence-electron chi connectivity index (χ2n) is 11.3. The summed E-state index contributed by atoms with van der Waals surface area (Å²) >= 11 is 0. The Labute approximate surface area is 205 Å². The maximum atomic E-state index is 13.5. The Kier molecular flexibility index (Phi) is 4.78. The number of aliphatic hydroxyl groups excluding tert-OH is 1. The van der Waals surface area contributed by atoms with Crippen molar-refractivity contribution in [3.8, 4) is 11.5 Å². The summed E-state index contributed by atoms with van der Waals surface area (Å²) in [5.74, 6) is 1.16. The molecule has 0 radical (unpaired) electrons. The number of piperidine rings is 1. The van der Waals surface area contributed by atoms with Gasteiger partial charge in [0.25, 0.3) is 0 Å². The lowest BCUT2D eigenvalue weighted by Crippen LogP contribution is -2.78. The molecule has 2 aromatic rings. The number of nitrogens with zero attached hydrogens (tertiary/aromatic N) is 1. The number of aliphatic hydroxyl groups is 1. The number of aryl methyl sites for hydroxylation is 1. The van der Waals surface area contributed by atoms with E-state index >= 15 is 0 Å². The fourth-order valence-corrected chi connectivity index (χ4v) is 7.78. The Balaban J connectivity index is 1.31. The summed E-state index contributed by atoms with van der Waals surface area (Å²) in [6.07, 6.45) is 5.03. The monoisotopic (exact) mass is 475 g/mol. The molecule has 6 nitrogen and oxygen atoms in total. The van der Waals surface area contributed by atoms with Crippen LogP contribution < -0.4 is 4.74 Å². The van der Waals surface area contributed by atoms with E-state index < -0.39 is 23.2 Å². The minimum atomic E-state index is -0.760. The van der Waals surface area contributed by atoms with E-state index in [1.807, 2.05) is 36.4 Å². The first kappa shape index (κ1) is 21.7. The molecule has 184 valence electrons. The average molecular weight is 476 g/mol. The van der Waals surface area contributed by atoms with Crippen LogP contribution in [-0.2, 0) is 27.8 Å². The van der Waals surface area contributed by atoms with Gasteiger partial charge in [0.15, 0.2) is 11.5 Å². The van der Waals surface area contributed by atoms with Gasteiger partial charge in [0, 0.05) is 18.5 Å². The highest BCUT2D eigenvalue weighted by atomic mass is 16.6. The Hall–Kier alpha value is -2.57. The number of carbonyl (C=O) groups excluding carboxylic acids is 1. The minimum Gasteiger partial charge on any atom is -0.504 e. The van der Waals surface area contributed by atoms with E-state index in [1.165, 1.54) is 12.8 Å². The van der Waals surface area contributed by atoms with Gasteiger partial charge in [0.2, 0.25) is 0 Å². The molecule has 35 heavy (non-hydrogen) atoms. The van der Waals surface area contributed by atoms with Crippen molar-refractivity contribution in [1.82, 2.24) is 4.90 Å². The maximum Gasteiger partial charge on any atom is 0.306 e. The van der Waals surface area contributed by atoms with Crippen LogP contribution in [0.2, 0.25) is 0 Å². The summed E-state index contributed by atoms with van der Waals surface area (Å²) in [7, 11) is 0. The van der Waals surface area contributed by atoms with Crippen LogP contribution in [0.1, 0.15) is 55.2 Å². The van der Waals surface area contributed by atoms with E-state index in [1.54, 1.807) is 6.07 Å². The van der Waals surface area contributed by atoms with E-state index in [0.29, 0.717) is 31.4 Å². The third-order valence-electron chi connectivity index (χ3n) is 9.45. The van der Waals surface area contributed by atoms with Crippen LogP contribution in [0.3, 0.4) is 0 Å². The SMILES string of the molecule is O=C(CCc1ccccc1)O[C@@]12CC[C@@H](O)[C@@H]3Oc4c(O)ccc5c4C31CCN(CC1CC1)C2C5. The molecule has 2 bridgehead atoms. The van der Waals surface area contributed by atoms with Gasteiger partial charge < -0.3 is 19.7 Å². The van der Waals surface area contributed by atoms with Crippen LogP contribution in [-0.4, -0.2) is 58.0 Å². The number of phenolic OH excluding ortho intramolecular Hbond substituents is 1. The lowest BCUT2D eigenvalue weighted by atomic mass is 9.48. The van der Waals surface area contributed by atoms with E-state index in [0.717, 1.165) is 48.5 Å². The molecule has 2 aromatic carbocycles. The second-order valence-corrected chi connectivity index (χ2v) is 11.3. The molecule has 2 N–H and O–H groups in total. The number of benzene rings is 2. The Bertz CT molecular complexity index is 1160. The highest BCUT2D eigenvalue weighted by Crippen LogP contribution is 2.66. The van der Waals surface area contributed by atoms with E-state index in [2.05, 4.69) is 4.90 Å². The number of hydrogen-bond donors (Lipinski definition) is 2. The topological polar surface area (TPSA) is 79.2 Å². The zero-order valence-corrected chi connectivity index (χ0v) is 20.0. The standard InChI is InChI=1S/C29H33NO5/c31-21-10-9-20-16-23-29(35-24(33)11-8-18-4-2-1-3-5-18)13-12-22(32)27-28(29,25(20)26(21)34-27)14-15-30(23)17-19-6-7-19/h1-5,9-10,19,22-23,27,31-32H,6-8,11-17H2/t22-,23?,27+,28?,29-/m1/s1. The minimum absolute atomic E-state index is 0.0547. The highest BCUT2D eigenvalue weighted by molar-refractivity contribution is 5.72. The molecule has 2 unspecified atom stereocenters. The first-order chi connectivity index (χ1) is 17.0. The number of carbonyl (C=O) groups is 1. The summed E-state index contributed by atoms with van der Waals surface area (Å²) in [6.45, 7) is 1.93. The summed E-state index contributed by atoms with van der Waals surface area (Å²) in [5, 5.41) is 21.9. The molecular weight excluding hydrogens is 442 g/mol. The van der Waals surface area contributed by atoms with Gasteiger partial charge in [0.1, 0.15) is 11.7 Å². The molecule has 0 aromatic heterocycles. The molecule has 3 aliphatic carbocycles. The van der Waals surface area contributed by atoms with Crippen LogP contribution in [0.15, 0.2) is 42.5 Å². The molecule has 7 rings (SSSR count). The smallest absolute Gasteiger partial charge is 0.306 e. The van der Waals surface area contributed by atoms with Gasteiger partial charge in [-0.2, -0.15) is 0 Å². The first-order valence-corrected chi connectivity index (χ1v) is 13.2. The number of aromatic hydroxyl groups is 1. The maximum absolute atomic E-state index is 13.5. The van der Waals surface area contributed by atoms with Crippen molar-refractivity contribution in [2.45, 2.75) is 80.6 Å². The van der Waals surface area contributed by atoms with Gasteiger partial charge >= 0.3 is 5.97 Å². The third-order valence-corrected chi connectivity index (χ3v) is 9.45. The zero-order valence-electron chi connectivity index (χ0n) is 20.0. The fraction of sp³-hybridized carbons (Fsp3) is 0.552. The fourth-order valence-electron chi connectivity index (χ4n) is 7.78. The number of phenols is 1.